The number of nitrogens with zero attached hydrogens (tertiary/aromatic N) is 3. The largest absolute Gasteiger partial charge is 0.327 e. The standard InChI is InChI=1S/C29H29ClN4O2/c1-4-21-14-16-23(17-15-21)29(36)33(20(2)3)19-28(35)31-27-18-25(22-10-6-5-7-11-22)32-34(27)26-13-9-8-12-24(26)30/h5-18,20H,4,19H2,1-3H3,(H,31,35). The van der Waals surface area contributed by atoms with Crippen LogP contribution >= 0.6 is 11.6 Å². The Morgan fingerprint density at radius 1 is 0.972 bits per heavy atom. The SMILES string of the molecule is CCc1ccc(C(=O)N(CC(=O)Nc2cc(-c3ccccc3)nn2-c2ccccc2Cl)C(C)C)cc1. The number of carbonyl (C=O) groups excluding carboxylic acids is 2. The Bertz CT molecular complexity index is 1350. The minimum Gasteiger partial charge on any atom is -0.327 e. The number of nitrogens with one attached hydrogen (secondary N) is 1. The average Bonchev–Trinajstić information content (AvgIpc) is 3.31. The lowest BCUT2D eigenvalue weighted by atomic mass is 10.1. The second kappa shape index (κ2) is 11.2. The number of aromatic nitrogens is 2. The van der Waals surface area contributed by atoms with Crippen LogP contribution < -0.4 is 5.32 Å². The topological polar surface area (TPSA) is 67.2 Å². The van der Waals surface area contributed by atoms with Crippen molar-refractivity contribution in [3.05, 3.63) is 101 Å². The molecule has 0 bridgehead atoms. The molecule has 4 aromatic rings. The molecule has 7 heteroatoms. The first-order valence-electron chi connectivity index (χ1n) is 12.0. The van der Waals surface area contributed by atoms with E-state index in [0.29, 0.717) is 27.8 Å². The molecule has 2 amide bonds. The van der Waals surface area contributed by atoms with Crippen molar-refractivity contribution in [3.63, 3.8) is 0 Å². The molecule has 0 saturated heterocycles. The Morgan fingerprint density at radius 3 is 2.28 bits per heavy atom. The maximum Gasteiger partial charge on any atom is 0.254 e. The summed E-state index contributed by atoms with van der Waals surface area (Å²) in [6, 6.07) is 26.2. The van der Waals surface area contributed by atoms with Crippen LogP contribution in [0.4, 0.5) is 5.82 Å². The molecule has 0 saturated carbocycles. The highest BCUT2D eigenvalue weighted by Gasteiger charge is 2.23. The van der Waals surface area contributed by atoms with Crippen molar-refractivity contribution in [2.24, 2.45) is 0 Å². The monoisotopic (exact) mass is 500 g/mol. The molecular weight excluding hydrogens is 472 g/mol. The minimum atomic E-state index is -0.324. The Morgan fingerprint density at radius 2 is 1.64 bits per heavy atom. The number of hydrogen-bond donors (Lipinski definition) is 1. The van der Waals surface area contributed by atoms with Gasteiger partial charge in [0.2, 0.25) is 5.91 Å². The van der Waals surface area contributed by atoms with Gasteiger partial charge in [0.25, 0.3) is 5.91 Å². The normalized spacial score (nSPS) is 10.9. The third-order valence-corrected chi connectivity index (χ3v) is 6.25. The zero-order chi connectivity index (χ0) is 25.7. The highest BCUT2D eigenvalue weighted by molar-refractivity contribution is 6.32. The molecule has 0 aliphatic rings. The minimum absolute atomic E-state index is 0.0968. The molecule has 0 radical (unpaired) electrons. The third-order valence-electron chi connectivity index (χ3n) is 5.93. The van der Waals surface area contributed by atoms with Crippen LogP contribution in [0.3, 0.4) is 0 Å². The summed E-state index contributed by atoms with van der Waals surface area (Å²) in [7, 11) is 0. The van der Waals surface area contributed by atoms with Gasteiger partial charge in [-0.25, -0.2) is 4.68 Å². The lowest BCUT2D eigenvalue weighted by Crippen LogP contribution is -2.42. The van der Waals surface area contributed by atoms with Crippen LogP contribution in [0, 0.1) is 0 Å². The second-order valence-corrected chi connectivity index (χ2v) is 9.18. The second-order valence-electron chi connectivity index (χ2n) is 8.77. The van der Waals surface area contributed by atoms with Gasteiger partial charge in [-0.05, 0) is 50.1 Å². The lowest BCUT2D eigenvalue weighted by Gasteiger charge is -2.26. The quantitative estimate of drug-likeness (QED) is 0.311. The predicted octanol–water partition coefficient (Wildman–Crippen LogP) is 6.24. The summed E-state index contributed by atoms with van der Waals surface area (Å²) in [5.74, 6) is -0.0437. The number of hydrogen-bond acceptors (Lipinski definition) is 3. The van der Waals surface area contributed by atoms with Crippen molar-refractivity contribution in [3.8, 4) is 16.9 Å². The van der Waals surface area contributed by atoms with Gasteiger partial charge in [-0.3, -0.25) is 9.59 Å². The van der Waals surface area contributed by atoms with Crippen LogP contribution in [-0.4, -0.2) is 39.1 Å². The van der Waals surface area contributed by atoms with Crippen LogP contribution in [0.25, 0.3) is 16.9 Å². The highest BCUT2D eigenvalue weighted by Crippen LogP contribution is 2.28. The maximum absolute atomic E-state index is 13.2. The first-order valence-corrected chi connectivity index (χ1v) is 12.3. The van der Waals surface area contributed by atoms with Gasteiger partial charge in [-0.2, -0.15) is 5.10 Å². The van der Waals surface area contributed by atoms with Gasteiger partial charge in [0.1, 0.15) is 12.4 Å². The van der Waals surface area contributed by atoms with Crippen LogP contribution in [0.15, 0.2) is 84.9 Å². The van der Waals surface area contributed by atoms with Crippen molar-refractivity contribution < 1.29 is 9.59 Å². The highest BCUT2D eigenvalue weighted by atomic mass is 35.5. The van der Waals surface area contributed by atoms with E-state index in [4.69, 9.17) is 16.7 Å². The molecule has 6 nitrogen and oxygen atoms in total. The Balaban J connectivity index is 1.61. The number of anilines is 1. The summed E-state index contributed by atoms with van der Waals surface area (Å²) in [6.45, 7) is 5.76. The molecule has 0 aliphatic heterocycles. The molecule has 36 heavy (non-hydrogen) atoms. The number of benzene rings is 3. The van der Waals surface area contributed by atoms with Gasteiger partial charge in [0.15, 0.2) is 0 Å². The molecular formula is C29H29ClN4O2. The van der Waals surface area contributed by atoms with Crippen molar-refractivity contribution in [2.45, 2.75) is 33.2 Å². The summed E-state index contributed by atoms with van der Waals surface area (Å²) in [4.78, 5) is 28.0. The molecule has 1 aromatic heterocycles. The molecule has 1 heterocycles. The molecule has 0 atom stereocenters. The van der Waals surface area contributed by atoms with E-state index >= 15 is 0 Å². The first kappa shape index (κ1) is 25.2. The predicted molar refractivity (Wildman–Crippen MR) is 145 cm³/mol. The van der Waals surface area contributed by atoms with Crippen LogP contribution in [0.5, 0.6) is 0 Å². The van der Waals surface area contributed by atoms with E-state index in [0.717, 1.165) is 17.5 Å². The molecule has 0 spiro atoms. The zero-order valence-corrected chi connectivity index (χ0v) is 21.4. The van der Waals surface area contributed by atoms with Crippen molar-refractivity contribution in [1.82, 2.24) is 14.7 Å². The molecule has 4 rings (SSSR count). The van der Waals surface area contributed by atoms with Crippen molar-refractivity contribution >= 4 is 29.2 Å². The van der Waals surface area contributed by atoms with Gasteiger partial charge < -0.3 is 10.2 Å². The van der Waals surface area contributed by atoms with E-state index in [9.17, 15) is 9.59 Å². The number of halogens is 1. The summed E-state index contributed by atoms with van der Waals surface area (Å²) in [5, 5.41) is 8.16. The number of rotatable bonds is 8. The summed E-state index contributed by atoms with van der Waals surface area (Å²) < 4.78 is 1.62. The third kappa shape index (κ3) is 5.66. The fourth-order valence-corrected chi connectivity index (χ4v) is 4.12. The van der Waals surface area contributed by atoms with Gasteiger partial charge in [0, 0.05) is 23.2 Å². The molecule has 0 aliphatic carbocycles. The molecule has 0 fully saturated rings. The number of amides is 2. The summed E-state index contributed by atoms with van der Waals surface area (Å²) >= 11 is 6.45. The van der Waals surface area contributed by atoms with Crippen molar-refractivity contribution in [2.75, 3.05) is 11.9 Å². The van der Waals surface area contributed by atoms with E-state index in [2.05, 4.69) is 12.2 Å². The zero-order valence-electron chi connectivity index (χ0n) is 20.6. The van der Waals surface area contributed by atoms with Crippen LogP contribution in [0.2, 0.25) is 5.02 Å². The van der Waals surface area contributed by atoms with E-state index in [1.54, 1.807) is 15.6 Å². The first-order chi connectivity index (χ1) is 17.4. The van der Waals surface area contributed by atoms with Gasteiger partial charge >= 0.3 is 0 Å². The molecule has 1 N–H and O–H groups in total. The van der Waals surface area contributed by atoms with E-state index < -0.39 is 0 Å². The molecule has 0 unspecified atom stereocenters. The Kier molecular flexibility index (Phi) is 7.86. The summed E-state index contributed by atoms with van der Waals surface area (Å²) in [6.07, 6.45) is 0.898. The number of carbonyl (C=O) groups is 2. The Hall–Kier alpha value is -3.90. The average molecular weight is 501 g/mol. The van der Waals surface area contributed by atoms with Gasteiger partial charge in [-0.15, -0.1) is 0 Å². The fraction of sp³-hybridized carbons (Fsp3) is 0.207. The lowest BCUT2D eigenvalue weighted by molar-refractivity contribution is -0.117. The molecule has 3 aromatic carbocycles. The van der Waals surface area contributed by atoms with Crippen LogP contribution in [-0.2, 0) is 11.2 Å². The number of aryl methyl sites for hydroxylation is 1. The molecule has 184 valence electrons. The Labute approximate surface area is 216 Å². The van der Waals surface area contributed by atoms with Gasteiger partial charge in [0.05, 0.1) is 16.4 Å². The smallest absolute Gasteiger partial charge is 0.254 e. The number of para-hydroxylation sites is 1. The fourth-order valence-electron chi connectivity index (χ4n) is 3.90. The van der Waals surface area contributed by atoms with E-state index in [1.165, 1.54) is 0 Å². The van der Waals surface area contributed by atoms with E-state index in [-0.39, 0.29) is 24.4 Å². The maximum atomic E-state index is 13.2. The van der Waals surface area contributed by atoms with Gasteiger partial charge in [-0.1, -0.05) is 73.1 Å². The summed E-state index contributed by atoms with van der Waals surface area (Å²) in [5.41, 5.74) is 3.96. The van der Waals surface area contributed by atoms with E-state index in [1.807, 2.05) is 92.7 Å². The van der Waals surface area contributed by atoms with Crippen molar-refractivity contribution in [1.29, 1.82) is 0 Å². The van der Waals surface area contributed by atoms with Crippen LogP contribution in [0.1, 0.15) is 36.7 Å².